The zero-order valence-electron chi connectivity index (χ0n) is 16.5. The second-order valence-electron chi connectivity index (χ2n) is 7.42. The van der Waals surface area contributed by atoms with Crippen LogP contribution in [0.1, 0.15) is 35.5 Å². The number of rotatable bonds is 7. The number of nitrogens with zero attached hydrogens (tertiary/aromatic N) is 1. The highest BCUT2D eigenvalue weighted by Crippen LogP contribution is 2.24. The van der Waals surface area contributed by atoms with Gasteiger partial charge in [0.2, 0.25) is 5.91 Å². The maximum absolute atomic E-state index is 13.7. The second-order valence-corrected chi connectivity index (χ2v) is 8.72. The van der Waals surface area contributed by atoms with Crippen molar-refractivity contribution in [3.63, 3.8) is 0 Å². The molecule has 3 aromatic rings. The first-order valence-electron chi connectivity index (χ1n) is 9.27. The van der Waals surface area contributed by atoms with Crippen molar-refractivity contribution in [2.75, 3.05) is 11.9 Å². The molecular weight excluding hydrogens is 425 g/mol. The monoisotopic (exact) mass is 445 g/mol. The van der Waals surface area contributed by atoms with Gasteiger partial charge in [0, 0.05) is 22.4 Å². The number of hydrogen-bond acceptors (Lipinski definition) is 4. The molecule has 0 aliphatic heterocycles. The van der Waals surface area contributed by atoms with Crippen LogP contribution in [0.15, 0.2) is 53.9 Å². The quantitative estimate of drug-likeness (QED) is 0.547. The first-order chi connectivity index (χ1) is 14.2. The average molecular weight is 446 g/mol. The predicted octanol–water partition coefficient (Wildman–Crippen LogP) is 4.82. The molecule has 1 heterocycles. The number of nitrogens with one attached hydrogen (secondary N) is 2. The van der Waals surface area contributed by atoms with Crippen molar-refractivity contribution in [2.45, 2.75) is 25.7 Å². The highest BCUT2D eigenvalue weighted by molar-refractivity contribution is 7.14. The Morgan fingerprint density at radius 2 is 1.83 bits per heavy atom. The highest BCUT2D eigenvalue weighted by atomic mass is 35.5. The zero-order chi connectivity index (χ0) is 21.7. The van der Waals surface area contributed by atoms with E-state index in [2.05, 4.69) is 15.6 Å². The first-order valence-corrected chi connectivity index (χ1v) is 10.5. The van der Waals surface area contributed by atoms with Gasteiger partial charge < -0.3 is 5.32 Å². The van der Waals surface area contributed by atoms with Gasteiger partial charge in [-0.15, -0.1) is 11.3 Å². The Morgan fingerprint density at radius 3 is 2.53 bits per heavy atom. The lowest BCUT2D eigenvalue weighted by Crippen LogP contribution is -2.37. The molecule has 0 aliphatic carbocycles. The molecule has 156 valence electrons. The Labute approximate surface area is 183 Å². The molecule has 30 heavy (non-hydrogen) atoms. The van der Waals surface area contributed by atoms with Gasteiger partial charge in [-0.25, -0.2) is 9.37 Å². The Balaban J connectivity index is 1.54. The Hall–Kier alpha value is -2.77. The van der Waals surface area contributed by atoms with Crippen LogP contribution >= 0.6 is 22.9 Å². The van der Waals surface area contributed by atoms with E-state index in [1.165, 1.54) is 29.5 Å². The van der Waals surface area contributed by atoms with Crippen LogP contribution in [0.3, 0.4) is 0 Å². The van der Waals surface area contributed by atoms with Crippen LogP contribution in [0, 0.1) is 5.82 Å². The molecule has 0 saturated carbocycles. The summed E-state index contributed by atoms with van der Waals surface area (Å²) < 4.78 is 13.7. The van der Waals surface area contributed by atoms with Gasteiger partial charge in [-0.05, 0) is 29.8 Å². The van der Waals surface area contributed by atoms with Crippen LogP contribution in [-0.4, -0.2) is 23.3 Å². The molecule has 1 aromatic heterocycles. The lowest BCUT2D eigenvalue weighted by molar-refractivity contribution is -0.120. The third-order valence-corrected chi connectivity index (χ3v) is 5.64. The van der Waals surface area contributed by atoms with E-state index in [1.807, 2.05) is 38.1 Å². The Bertz CT molecular complexity index is 1050. The van der Waals surface area contributed by atoms with Crippen LogP contribution in [0.4, 0.5) is 9.52 Å². The number of hydrogen-bond donors (Lipinski definition) is 2. The largest absolute Gasteiger partial charge is 0.355 e. The van der Waals surface area contributed by atoms with E-state index in [-0.39, 0.29) is 23.3 Å². The maximum Gasteiger partial charge on any atom is 0.260 e. The van der Waals surface area contributed by atoms with Crippen LogP contribution in [-0.2, 0) is 16.6 Å². The van der Waals surface area contributed by atoms with Gasteiger partial charge in [-0.2, -0.15) is 0 Å². The normalized spacial score (nSPS) is 11.2. The van der Waals surface area contributed by atoms with Crippen molar-refractivity contribution < 1.29 is 14.0 Å². The second kappa shape index (κ2) is 9.36. The minimum atomic E-state index is -0.602. The van der Waals surface area contributed by atoms with E-state index in [4.69, 9.17) is 11.6 Å². The lowest BCUT2D eigenvalue weighted by atomic mass is 9.84. The summed E-state index contributed by atoms with van der Waals surface area (Å²) in [4.78, 5) is 28.7. The smallest absolute Gasteiger partial charge is 0.260 e. The summed E-state index contributed by atoms with van der Waals surface area (Å²) in [7, 11) is 0. The van der Waals surface area contributed by atoms with Gasteiger partial charge in [0.05, 0.1) is 17.7 Å². The fourth-order valence-corrected chi connectivity index (χ4v) is 3.64. The molecule has 0 saturated heterocycles. The molecular formula is C22H21ClFN3O2S. The molecule has 0 atom stereocenters. The summed E-state index contributed by atoms with van der Waals surface area (Å²) in [5, 5.41) is 8.16. The molecule has 0 aliphatic rings. The molecule has 0 radical (unpaired) electrons. The number of benzene rings is 2. The Morgan fingerprint density at radius 1 is 1.13 bits per heavy atom. The summed E-state index contributed by atoms with van der Waals surface area (Å²) in [5.41, 5.74) is 1.28. The molecule has 0 unspecified atom stereocenters. The molecule has 2 N–H and O–H groups in total. The van der Waals surface area contributed by atoms with E-state index in [0.29, 0.717) is 22.4 Å². The first kappa shape index (κ1) is 21.9. The molecule has 2 aromatic carbocycles. The van der Waals surface area contributed by atoms with Crippen molar-refractivity contribution >= 4 is 39.9 Å². The third-order valence-electron chi connectivity index (χ3n) is 4.59. The van der Waals surface area contributed by atoms with Gasteiger partial charge in [-0.1, -0.05) is 49.7 Å². The topological polar surface area (TPSA) is 71.1 Å². The molecule has 2 amide bonds. The average Bonchev–Trinajstić information content (AvgIpc) is 3.13. The fraction of sp³-hybridized carbons (Fsp3) is 0.227. The van der Waals surface area contributed by atoms with Crippen molar-refractivity contribution in [1.82, 2.24) is 10.3 Å². The summed E-state index contributed by atoms with van der Waals surface area (Å²) in [5.74, 6) is -1.35. The van der Waals surface area contributed by atoms with Crippen LogP contribution in [0.5, 0.6) is 0 Å². The van der Waals surface area contributed by atoms with E-state index in [9.17, 15) is 14.0 Å². The molecule has 0 spiro atoms. The van der Waals surface area contributed by atoms with Crippen molar-refractivity contribution in [3.8, 4) is 0 Å². The maximum atomic E-state index is 13.7. The number of thiazole rings is 1. The predicted molar refractivity (Wildman–Crippen MR) is 118 cm³/mol. The summed E-state index contributed by atoms with van der Waals surface area (Å²) in [6.45, 7) is 4.53. The van der Waals surface area contributed by atoms with Crippen molar-refractivity contribution in [1.29, 1.82) is 0 Å². The number of aromatic nitrogens is 1. The van der Waals surface area contributed by atoms with Crippen molar-refractivity contribution in [3.05, 3.63) is 81.6 Å². The van der Waals surface area contributed by atoms with Gasteiger partial charge in [0.15, 0.2) is 5.13 Å². The number of anilines is 1. The van der Waals surface area contributed by atoms with Crippen LogP contribution < -0.4 is 10.6 Å². The third kappa shape index (κ3) is 5.64. The van der Waals surface area contributed by atoms with Crippen LogP contribution in [0.2, 0.25) is 5.02 Å². The highest BCUT2D eigenvalue weighted by Gasteiger charge is 2.22. The molecule has 3 rings (SSSR count). The molecule has 8 heteroatoms. The van der Waals surface area contributed by atoms with Gasteiger partial charge in [0.1, 0.15) is 5.82 Å². The van der Waals surface area contributed by atoms with Gasteiger partial charge in [0.25, 0.3) is 5.91 Å². The minimum absolute atomic E-state index is 0.0589. The molecule has 0 fully saturated rings. The SMILES string of the molecule is CC(C)(CNC(=O)Cc1csc(NC(=O)c2ccccc2F)n1)c1ccc(Cl)cc1. The fourth-order valence-electron chi connectivity index (χ4n) is 2.81. The van der Waals surface area contributed by atoms with E-state index in [0.717, 1.165) is 5.56 Å². The molecule has 0 bridgehead atoms. The van der Waals surface area contributed by atoms with E-state index >= 15 is 0 Å². The zero-order valence-corrected chi connectivity index (χ0v) is 18.1. The minimum Gasteiger partial charge on any atom is -0.355 e. The summed E-state index contributed by atoms with van der Waals surface area (Å²) >= 11 is 7.12. The van der Waals surface area contributed by atoms with Gasteiger partial charge >= 0.3 is 0 Å². The van der Waals surface area contributed by atoms with E-state index < -0.39 is 11.7 Å². The number of carbonyl (C=O) groups is 2. The van der Waals surface area contributed by atoms with E-state index in [1.54, 1.807) is 11.4 Å². The number of carbonyl (C=O) groups excluding carboxylic acids is 2. The van der Waals surface area contributed by atoms with Crippen LogP contribution in [0.25, 0.3) is 0 Å². The van der Waals surface area contributed by atoms with Crippen molar-refractivity contribution in [2.24, 2.45) is 0 Å². The lowest BCUT2D eigenvalue weighted by Gasteiger charge is -2.25. The molecule has 5 nitrogen and oxygen atoms in total. The standard InChI is InChI=1S/C22H21ClFN3O2S/c1-22(2,14-7-9-15(23)10-8-14)13-25-19(28)11-16-12-30-21(26-16)27-20(29)17-5-3-4-6-18(17)24/h3-10,12H,11,13H2,1-2H3,(H,25,28)(H,26,27,29). The summed E-state index contributed by atoms with van der Waals surface area (Å²) in [6.07, 6.45) is 0.0861. The number of amides is 2. The summed E-state index contributed by atoms with van der Waals surface area (Å²) in [6, 6.07) is 13.3. The Kier molecular flexibility index (Phi) is 6.84. The number of halogens is 2. The van der Waals surface area contributed by atoms with Gasteiger partial charge in [-0.3, -0.25) is 14.9 Å².